The summed E-state index contributed by atoms with van der Waals surface area (Å²) in [4.78, 5) is 61.4. The molecule has 0 spiro atoms. The van der Waals surface area contributed by atoms with Crippen molar-refractivity contribution in [3.63, 3.8) is 0 Å². The summed E-state index contributed by atoms with van der Waals surface area (Å²) in [5.74, 6) is -0.961. The van der Waals surface area contributed by atoms with Gasteiger partial charge in [-0.25, -0.2) is 4.98 Å². The molecule has 3 atom stereocenters. The van der Waals surface area contributed by atoms with E-state index in [9.17, 15) is 29.5 Å². The Kier molecular flexibility index (Phi) is 17.1. The number of carbonyl (C=O) groups excluding carboxylic acids is 4. The molecule has 1 saturated heterocycles. The van der Waals surface area contributed by atoms with Gasteiger partial charge in [0.2, 0.25) is 11.8 Å². The number of aryl methyl sites for hydroxylation is 1. The van der Waals surface area contributed by atoms with E-state index in [1.165, 1.54) is 4.90 Å². The van der Waals surface area contributed by atoms with Crippen LogP contribution in [0.15, 0.2) is 72.2 Å². The van der Waals surface area contributed by atoms with Crippen molar-refractivity contribution >= 4 is 52.3 Å². The molecule has 2 heterocycles. The number of nitrogens with one attached hydrogen (secondary N) is 4. The Bertz CT molecular complexity index is 2430. The van der Waals surface area contributed by atoms with Gasteiger partial charge in [-0.1, -0.05) is 84.3 Å². The first kappa shape index (κ1) is 52.0. The maximum atomic E-state index is 14.3. The molecule has 3 aromatic carbocycles. The van der Waals surface area contributed by atoms with E-state index in [0.717, 1.165) is 46.6 Å². The van der Waals surface area contributed by atoms with Crippen LogP contribution in [0.5, 0.6) is 5.75 Å². The molecule has 0 radical (unpaired) electrons. The second-order valence-electron chi connectivity index (χ2n) is 20.2. The van der Waals surface area contributed by atoms with Crippen LogP contribution in [-0.4, -0.2) is 102 Å². The lowest BCUT2D eigenvalue weighted by atomic mass is 9.49. The number of nitrogens with zero attached hydrogens (tertiary/aromatic N) is 3. The monoisotopic (exact) mass is 967 g/mol. The van der Waals surface area contributed by atoms with Crippen molar-refractivity contribution in [3.8, 4) is 22.3 Å². The van der Waals surface area contributed by atoms with Gasteiger partial charge in [0, 0.05) is 60.4 Å². The Morgan fingerprint density at radius 2 is 1.72 bits per heavy atom. The number of unbranched alkanes of at least 4 members (excludes halogenated alkanes) is 2. The number of aliphatic hydroxyl groups excluding tert-OH is 1. The molecular weight excluding hydrogens is 902 g/mol. The molecule has 4 amide bonds. The number of benzene rings is 3. The standard InChI is InChI=1S/C52H66ClN7O7S/c1-32-43(68-31-57-32)34-14-12-33(13-15-34)22-24-60(46(64)41-26-38(61)29-56-41)47(65)44(50(2,3)4)58-42(62)30-66-25-11-9-10-23-55-37-19-16-35(17-20-37)45(63)59-48-51(5,6)49(52(48,7)8)67-39-21-18-36(28-54)40(53)27-39/h12-21,27,31,38,41,44,48-49,55-56,61H,9-11,22-26,29-30H2,1-8H3,(H,58,62)(H,59,63)/t38-,41+,44-,48?,49?/m1/s1. The fourth-order valence-electron chi connectivity index (χ4n) is 9.53. The number of rotatable bonds is 20. The van der Waals surface area contributed by atoms with Gasteiger partial charge in [-0.2, -0.15) is 5.26 Å². The van der Waals surface area contributed by atoms with E-state index in [1.54, 1.807) is 41.7 Å². The fraction of sp³-hybridized carbons (Fsp3) is 0.500. The predicted octanol–water partition coefficient (Wildman–Crippen LogP) is 7.71. The molecule has 2 fully saturated rings. The van der Waals surface area contributed by atoms with Crippen molar-refractivity contribution in [2.45, 2.75) is 118 Å². The van der Waals surface area contributed by atoms with Crippen LogP contribution in [-0.2, 0) is 25.5 Å². The molecule has 1 aromatic heterocycles. The Morgan fingerprint density at radius 1 is 1.01 bits per heavy atom. The van der Waals surface area contributed by atoms with Crippen molar-refractivity contribution in [1.82, 2.24) is 25.8 Å². The zero-order valence-electron chi connectivity index (χ0n) is 40.4. The summed E-state index contributed by atoms with van der Waals surface area (Å²) in [5, 5.41) is 32.3. The highest BCUT2D eigenvalue weighted by Gasteiger charge is 2.64. The molecular formula is C52H66ClN7O7S. The third kappa shape index (κ3) is 12.6. The van der Waals surface area contributed by atoms with E-state index < -0.39 is 41.3 Å². The van der Waals surface area contributed by atoms with Gasteiger partial charge in [-0.05, 0) is 92.0 Å². The number of amides is 4. The number of halogens is 1. The first-order chi connectivity index (χ1) is 32.2. The number of anilines is 1. The van der Waals surface area contributed by atoms with Gasteiger partial charge < -0.3 is 35.8 Å². The topological polar surface area (TPSA) is 195 Å². The maximum Gasteiger partial charge on any atom is 0.252 e. The number of β-amino-alcohol motifs (C(OH)–C–C–N with tert-alkyl or cyclic N) is 1. The van der Waals surface area contributed by atoms with Gasteiger partial charge in [-0.3, -0.25) is 24.1 Å². The Labute approximate surface area is 409 Å². The van der Waals surface area contributed by atoms with Crippen LogP contribution in [0.25, 0.3) is 10.4 Å². The van der Waals surface area contributed by atoms with Gasteiger partial charge in [0.05, 0.1) is 38.8 Å². The molecule has 6 rings (SSSR count). The number of hydrogen-bond acceptors (Lipinski definition) is 12. The number of thiazole rings is 1. The van der Waals surface area contributed by atoms with E-state index in [0.29, 0.717) is 41.5 Å². The first-order valence-electron chi connectivity index (χ1n) is 23.3. The molecule has 5 N–H and O–H groups in total. The van der Waals surface area contributed by atoms with E-state index in [2.05, 4.69) is 60.0 Å². The van der Waals surface area contributed by atoms with Gasteiger partial charge in [0.1, 0.15) is 30.6 Å². The summed E-state index contributed by atoms with van der Waals surface area (Å²) in [6.07, 6.45) is 2.16. The second kappa shape index (κ2) is 22.4. The SMILES string of the molecule is Cc1ncsc1-c1ccc(CCN(C(=O)[C@@H]2C[C@@H](O)CN2)C(=O)[C@@H](NC(=O)COCCCCCNc2ccc(C(=O)NC3C(C)(C)C(Oc4ccc(C#N)c(Cl)c4)C3(C)C)cc2)C(C)(C)C)cc1. The average Bonchev–Trinajstić information content (AvgIpc) is 3.94. The van der Waals surface area contributed by atoms with Crippen molar-refractivity contribution in [1.29, 1.82) is 5.26 Å². The summed E-state index contributed by atoms with van der Waals surface area (Å²) in [7, 11) is 0. The normalized spacial score (nSPS) is 19.8. The molecule has 1 saturated carbocycles. The first-order valence-corrected chi connectivity index (χ1v) is 24.6. The lowest BCUT2D eigenvalue weighted by Gasteiger charge is -2.63. The minimum Gasteiger partial charge on any atom is -0.489 e. The third-order valence-electron chi connectivity index (χ3n) is 13.0. The van der Waals surface area contributed by atoms with Crippen LogP contribution < -0.4 is 26.0 Å². The van der Waals surface area contributed by atoms with Crippen LogP contribution in [0.2, 0.25) is 5.02 Å². The highest BCUT2D eigenvalue weighted by atomic mass is 35.5. The van der Waals surface area contributed by atoms with Crippen LogP contribution in [0.1, 0.15) is 101 Å². The minimum atomic E-state index is -1.00. The minimum absolute atomic E-state index is 0.108. The second-order valence-corrected chi connectivity index (χ2v) is 21.4. The molecule has 2 aliphatic rings. The van der Waals surface area contributed by atoms with E-state index >= 15 is 0 Å². The van der Waals surface area contributed by atoms with Crippen LogP contribution >= 0.6 is 22.9 Å². The highest BCUT2D eigenvalue weighted by molar-refractivity contribution is 7.13. The molecule has 0 bridgehead atoms. The molecule has 0 unspecified atom stereocenters. The van der Waals surface area contributed by atoms with Gasteiger partial charge >= 0.3 is 0 Å². The fourth-order valence-corrected chi connectivity index (χ4v) is 10.5. The van der Waals surface area contributed by atoms with E-state index in [-0.39, 0.29) is 55.0 Å². The number of aromatic nitrogens is 1. The number of ether oxygens (including phenoxy) is 2. The van der Waals surface area contributed by atoms with Crippen molar-refractivity contribution in [2.75, 3.05) is 38.2 Å². The third-order valence-corrected chi connectivity index (χ3v) is 14.3. The summed E-state index contributed by atoms with van der Waals surface area (Å²) < 4.78 is 12.1. The number of nitriles is 1. The molecule has 14 nitrogen and oxygen atoms in total. The Balaban J connectivity index is 0.914. The summed E-state index contributed by atoms with van der Waals surface area (Å²) in [6.45, 7) is 17.0. The molecule has 68 heavy (non-hydrogen) atoms. The number of aliphatic hydroxyl groups is 1. The van der Waals surface area contributed by atoms with Gasteiger partial charge in [0.25, 0.3) is 11.8 Å². The largest absolute Gasteiger partial charge is 0.489 e. The van der Waals surface area contributed by atoms with E-state index in [1.807, 2.05) is 69.6 Å². The van der Waals surface area contributed by atoms with Crippen LogP contribution in [0.4, 0.5) is 5.69 Å². The molecule has 364 valence electrons. The summed E-state index contributed by atoms with van der Waals surface area (Å²) >= 11 is 7.82. The molecule has 4 aromatic rings. The number of carbonyl (C=O) groups is 4. The van der Waals surface area contributed by atoms with Crippen LogP contribution in [0, 0.1) is 34.5 Å². The van der Waals surface area contributed by atoms with E-state index in [4.69, 9.17) is 21.1 Å². The molecule has 1 aliphatic heterocycles. The summed E-state index contributed by atoms with van der Waals surface area (Å²) in [6, 6.07) is 20.6. The quantitative estimate of drug-likeness (QED) is 0.0545. The zero-order valence-corrected chi connectivity index (χ0v) is 42.0. The average molecular weight is 969 g/mol. The van der Waals surface area contributed by atoms with Crippen LogP contribution in [0.3, 0.4) is 0 Å². The zero-order chi connectivity index (χ0) is 49.4. The van der Waals surface area contributed by atoms with Gasteiger partial charge in [-0.15, -0.1) is 11.3 Å². The maximum absolute atomic E-state index is 14.3. The lowest BCUT2D eigenvalue weighted by molar-refractivity contribution is -0.164. The highest BCUT2D eigenvalue weighted by Crippen LogP contribution is 2.55. The Hall–Kier alpha value is -5.37. The molecule has 16 heteroatoms. The van der Waals surface area contributed by atoms with Gasteiger partial charge in [0.15, 0.2) is 0 Å². The smallest absolute Gasteiger partial charge is 0.252 e. The van der Waals surface area contributed by atoms with Crippen molar-refractivity contribution in [2.24, 2.45) is 16.2 Å². The number of imide groups is 1. The molecule has 1 aliphatic carbocycles. The predicted molar refractivity (Wildman–Crippen MR) is 266 cm³/mol. The number of hydrogen-bond donors (Lipinski definition) is 5. The van der Waals surface area contributed by atoms with Crippen molar-refractivity contribution in [3.05, 3.63) is 99.6 Å². The summed E-state index contributed by atoms with van der Waals surface area (Å²) in [5.41, 5.74) is 5.13. The van der Waals surface area contributed by atoms with Crippen molar-refractivity contribution < 1.29 is 33.8 Å². The lowest BCUT2D eigenvalue weighted by Crippen LogP contribution is -2.74. The Morgan fingerprint density at radius 3 is 2.32 bits per heavy atom.